The summed E-state index contributed by atoms with van der Waals surface area (Å²) in [7, 11) is 0. The molecule has 0 N–H and O–H groups in total. The summed E-state index contributed by atoms with van der Waals surface area (Å²) in [6.45, 7) is 0. The zero-order valence-electron chi connectivity index (χ0n) is 12.1. The molecule has 0 aliphatic carbocycles. The van der Waals surface area contributed by atoms with Crippen LogP contribution in [-0.2, 0) is 0 Å². The number of aromatic nitrogens is 2. The van der Waals surface area contributed by atoms with Gasteiger partial charge in [-0.25, -0.2) is 4.98 Å². The molecule has 0 unspecified atom stereocenters. The summed E-state index contributed by atoms with van der Waals surface area (Å²) in [5.74, 6) is 0. The number of allylic oxidation sites excluding steroid dienone is 1. The Kier molecular flexibility index (Phi) is 3.34. The molecule has 0 bridgehead atoms. The van der Waals surface area contributed by atoms with Crippen molar-refractivity contribution in [3.63, 3.8) is 0 Å². The van der Waals surface area contributed by atoms with Crippen LogP contribution >= 0.6 is 11.3 Å². The molecular weight excluding hydrogens is 302 g/mol. The van der Waals surface area contributed by atoms with Gasteiger partial charge in [0.25, 0.3) is 0 Å². The van der Waals surface area contributed by atoms with Crippen LogP contribution in [0.25, 0.3) is 32.8 Å². The van der Waals surface area contributed by atoms with Gasteiger partial charge in [-0.05, 0) is 35.9 Å². The fraction of sp³-hybridized carbons (Fsp3) is 0. The molecule has 0 radical (unpaired) electrons. The van der Waals surface area contributed by atoms with Crippen LogP contribution in [0.4, 0.5) is 0 Å². The topological polar surface area (TPSA) is 49.6 Å². The maximum atomic E-state index is 9.57. The minimum absolute atomic E-state index is 0.572. The van der Waals surface area contributed by atoms with E-state index in [1.54, 1.807) is 6.20 Å². The highest BCUT2D eigenvalue weighted by atomic mass is 32.1. The Bertz CT molecular complexity index is 1050. The van der Waals surface area contributed by atoms with Gasteiger partial charge in [-0.3, -0.25) is 4.98 Å². The van der Waals surface area contributed by atoms with E-state index in [1.165, 1.54) is 11.3 Å². The summed E-state index contributed by atoms with van der Waals surface area (Å²) in [5, 5.41) is 11.3. The first-order valence-electron chi connectivity index (χ1n) is 7.16. The van der Waals surface area contributed by atoms with Gasteiger partial charge in [-0.1, -0.05) is 30.3 Å². The average Bonchev–Trinajstić information content (AvgIpc) is 3.03. The highest BCUT2D eigenvalue weighted by molar-refractivity contribution is 7.19. The minimum Gasteiger partial charge on any atom is -0.256 e. The van der Waals surface area contributed by atoms with Crippen molar-refractivity contribution in [3.05, 3.63) is 71.4 Å². The van der Waals surface area contributed by atoms with Crippen molar-refractivity contribution < 1.29 is 0 Å². The summed E-state index contributed by atoms with van der Waals surface area (Å²) >= 11 is 1.54. The molecule has 4 aromatic rings. The van der Waals surface area contributed by atoms with Crippen molar-refractivity contribution >= 4 is 44.1 Å². The lowest BCUT2D eigenvalue weighted by molar-refractivity contribution is 1.40. The minimum atomic E-state index is 0.572. The van der Waals surface area contributed by atoms with Crippen molar-refractivity contribution in [2.75, 3.05) is 0 Å². The van der Waals surface area contributed by atoms with Crippen molar-refractivity contribution in [1.82, 2.24) is 9.97 Å². The van der Waals surface area contributed by atoms with E-state index in [4.69, 9.17) is 0 Å². The van der Waals surface area contributed by atoms with Gasteiger partial charge < -0.3 is 0 Å². The summed E-state index contributed by atoms with van der Waals surface area (Å²) in [4.78, 5) is 8.93. The number of para-hydroxylation sites is 2. The predicted molar refractivity (Wildman–Crippen MR) is 94.8 cm³/mol. The molecule has 0 amide bonds. The third-order valence-electron chi connectivity index (χ3n) is 3.63. The van der Waals surface area contributed by atoms with E-state index >= 15 is 0 Å². The number of benzene rings is 2. The summed E-state index contributed by atoms with van der Waals surface area (Å²) in [6, 6.07) is 20.1. The van der Waals surface area contributed by atoms with Crippen LogP contribution < -0.4 is 0 Å². The molecule has 0 saturated carbocycles. The second-order valence-electron chi connectivity index (χ2n) is 5.07. The lowest BCUT2D eigenvalue weighted by atomic mass is 10.1. The average molecular weight is 313 g/mol. The molecule has 0 atom stereocenters. The number of nitrogens with zero attached hydrogens (tertiary/aromatic N) is 3. The van der Waals surface area contributed by atoms with Crippen molar-refractivity contribution in [3.8, 4) is 6.07 Å². The highest BCUT2D eigenvalue weighted by Gasteiger charge is 2.09. The van der Waals surface area contributed by atoms with Gasteiger partial charge in [0.15, 0.2) is 0 Å². The molecule has 23 heavy (non-hydrogen) atoms. The molecule has 0 aliphatic rings. The first-order valence-corrected chi connectivity index (χ1v) is 7.98. The van der Waals surface area contributed by atoms with Gasteiger partial charge in [0.1, 0.15) is 11.1 Å². The van der Waals surface area contributed by atoms with Crippen LogP contribution in [0.15, 0.2) is 60.8 Å². The number of hydrogen-bond donors (Lipinski definition) is 0. The van der Waals surface area contributed by atoms with E-state index in [2.05, 4.69) is 16.0 Å². The number of fused-ring (bicyclic) bond motifs is 2. The second kappa shape index (κ2) is 5.64. The standard InChI is InChI=1S/C19H11N3S/c20-12-14(19-22-17-7-3-4-8-18(17)23-19)11-13-9-10-21-16-6-2-1-5-15(13)16/h1-11H/b14-11-. The van der Waals surface area contributed by atoms with Crippen molar-refractivity contribution in [2.24, 2.45) is 0 Å². The van der Waals surface area contributed by atoms with Gasteiger partial charge in [0, 0.05) is 11.6 Å². The Morgan fingerprint density at radius 1 is 1.00 bits per heavy atom. The van der Waals surface area contributed by atoms with E-state index in [1.807, 2.05) is 60.7 Å². The van der Waals surface area contributed by atoms with Gasteiger partial charge in [-0.2, -0.15) is 5.26 Å². The molecule has 0 fully saturated rings. The first kappa shape index (κ1) is 13.6. The second-order valence-corrected chi connectivity index (χ2v) is 6.10. The monoisotopic (exact) mass is 313 g/mol. The summed E-state index contributed by atoms with van der Waals surface area (Å²) in [5.41, 5.74) is 3.39. The van der Waals surface area contributed by atoms with Crippen molar-refractivity contribution in [2.45, 2.75) is 0 Å². The van der Waals surface area contributed by atoms with Gasteiger partial charge in [0.2, 0.25) is 0 Å². The maximum absolute atomic E-state index is 9.57. The van der Waals surface area contributed by atoms with E-state index in [-0.39, 0.29) is 0 Å². The Labute approximate surface area is 137 Å². The molecule has 108 valence electrons. The smallest absolute Gasteiger partial charge is 0.135 e. The van der Waals surface area contributed by atoms with Crippen molar-refractivity contribution in [1.29, 1.82) is 5.26 Å². The quantitative estimate of drug-likeness (QED) is 0.494. The first-order chi connectivity index (χ1) is 11.3. The molecule has 0 saturated heterocycles. The number of hydrogen-bond acceptors (Lipinski definition) is 4. The highest BCUT2D eigenvalue weighted by Crippen LogP contribution is 2.29. The largest absolute Gasteiger partial charge is 0.256 e. The predicted octanol–water partition coefficient (Wildman–Crippen LogP) is 4.91. The van der Waals surface area contributed by atoms with Crippen LogP contribution in [0.1, 0.15) is 10.6 Å². The molecule has 2 heterocycles. The maximum Gasteiger partial charge on any atom is 0.135 e. The fourth-order valence-corrected chi connectivity index (χ4v) is 3.46. The van der Waals surface area contributed by atoms with Crippen LogP contribution in [0.5, 0.6) is 0 Å². The number of rotatable bonds is 2. The van der Waals surface area contributed by atoms with Gasteiger partial charge in [-0.15, -0.1) is 11.3 Å². The molecule has 0 spiro atoms. The Hall–Kier alpha value is -3.03. The molecule has 2 aromatic heterocycles. The Morgan fingerprint density at radius 2 is 1.78 bits per heavy atom. The van der Waals surface area contributed by atoms with Crippen LogP contribution in [0.3, 0.4) is 0 Å². The zero-order chi connectivity index (χ0) is 15.6. The molecule has 0 aliphatic heterocycles. The molecule has 2 aromatic carbocycles. The number of nitriles is 1. The van der Waals surface area contributed by atoms with E-state index < -0.39 is 0 Å². The lowest BCUT2D eigenvalue weighted by Gasteiger charge is -2.01. The van der Waals surface area contributed by atoms with Gasteiger partial charge >= 0.3 is 0 Å². The SMILES string of the molecule is N#C/C(=C/c1ccnc2ccccc12)c1nc2ccccc2s1. The molecule has 3 nitrogen and oxygen atoms in total. The lowest BCUT2D eigenvalue weighted by Crippen LogP contribution is -1.84. The number of thiazole rings is 1. The third-order valence-corrected chi connectivity index (χ3v) is 4.70. The summed E-state index contributed by atoms with van der Waals surface area (Å²) < 4.78 is 1.09. The van der Waals surface area contributed by atoms with Crippen LogP contribution in [-0.4, -0.2) is 9.97 Å². The Morgan fingerprint density at radius 3 is 2.61 bits per heavy atom. The third kappa shape index (κ3) is 2.48. The zero-order valence-corrected chi connectivity index (χ0v) is 12.9. The Balaban J connectivity index is 1.88. The number of pyridine rings is 1. The fourth-order valence-electron chi connectivity index (χ4n) is 2.53. The van der Waals surface area contributed by atoms with Gasteiger partial charge in [0.05, 0.1) is 21.3 Å². The molecule has 4 rings (SSSR count). The van der Waals surface area contributed by atoms with Crippen LogP contribution in [0, 0.1) is 11.3 Å². The van der Waals surface area contributed by atoms with E-state index in [0.29, 0.717) is 5.57 Å². The normalized spacial score (nSPS) is 11.7. The molecular formula is C19H11N3S. The van der Waals surface area contributed by atoms with Crippen LogP contribution in [0.2, 0.25) is 0 Å². The van der Waals surface area contributed by atoms with E-state index in [0.717, 1.165) is 31.7 Å². The molecule has 4 heteroatoms. The van der Waals surface area contributed by atoms with E-state index in [9.17, 15) is 5.26 Å². The summed E-state index contributed by atoms with van der Waals surface area (Å²) in [6.07, 6.45) is 3.66.